The van der Waals surface area contributed by atoms with E-state index in [2.05, 4.69) is 54.6 Å². The Morgan fingerprint density at radius 2 is 2.23 bits per heavy atom. The van der Waals surface area contributed by atoms with E-state index in [1.165, 1.54) is 21.5 Å². The molecule has 0 amide bonds. The first kappa shape index (κ1) is 10.5. The van der Waals surface area contributed by atoms with E-state index in [9.17, 15) is 0 Å². The highest BCUT2D eigenvalue weighted by atomic mass is 79.9. The van der Waals surface area contributed by atoms with Crippen molar-refractivity contribution in [1.29, 1.82) is 0 Å². The minimum Gasteiger partial charge on any atom is -0.102 e. The highest BCUT2D eigenvalue weighted by molar-refractivity contribution is 9.10. The first-order valence-corrected chi connectivity index (χ1v) is 5.23. The minimum atomic E-state index is 1.04. The number of hydrogen-bond acceptors (Lipinski definition) is 0. The van der Waals surface area contributed by atoms with E-state index >= 15 is 0 Å². The molecule has 1 aromatic carbocycles. The van der Waals surface area contributed by atoms with Crippen LogP contribution in [0.2, 0.25) is 0 Å². The van der Waals surface area contributed by atoms with Crippen LogP contribution in [0.15, 0.2) is 35.3 Å². The maximum Gasteiger partial charge on any atom is 0.0233 e. The number of rotatable bonds is 3. The molecule has 0 fully saturated rings. The fourth-order valence-electron chi connectivity index (χ4n) is 1.40. The molecule has 1 rings (SSSR count). The number of hydrogen-bond donors (Lipinski definition) is 0. The molecule has 0 aliphatic rings. The Bertz CT molecular complexity index is 302. The third kappa shape index (κ3) is 2.22. The quantitative estimate of drug-likeness (QED) is 0.742. The van der Waals surface area contributed by atoms with E-state index in [1.807, 2.05) is 6.08 Å². The van der Waals surface area contributed by atoms with Crippen LogP contribution in [0, 0.1) is 5.92 Å². The summed E-state index contributed by atoms with van der Waals surface area (Å²) in [5.41, 5.74) is 2.66. The van der Waals surface area contributed by atoms with Gasteiger partial charge in [0.15, 0.2) is 0 Å². The summed E-state index contributed by atoms with van der Waals surface area (Å²) >= 11 is 3.56. The maximum absolute atomic E-state index is 3.79. The van der Waals surface area contributed by atoms with Crippen LogP contribution in [0.4, 0.5) is 0 Å². The molecular formula is C12H14Br. The van der Waals surface area contributed by atoms with Gasteiger partial charge in [-0.3, -0.25) is 0 Å². The van der Waals surface area contributed by atoms with E-state index in [0.29, 0.717) is 0 Å². The largest absolute Gasteiger partial charge is 0.102 e. The van der Waals surface area contributed by atoms with E-state index in [0.717, 1.165) is 6.42 Å². The molecule has 0 bridgehead atoms. The highest BCUT2D eigenvalue weighted by Crippen LogP contribution is 2.26. The normalized spacial score (nSPS) is 10.5. The van der Waals surface area contributed by atoms with Gasteiger partial charge in [-0.25, -0.2) is 0 Å². The summed E-state index contributed by atoms with van der Waals surface area (Å²) in [5.74, 6) is 1.23. The van der Waals surface area contributed by atoms with Crippen molar-refractivity contribution in [2.75, 3.05) is 0 Å². The SMILES string of the molecule is C=C[C](C)c1cccc(Br)c1CC. The maximum atomic E-state index is 3.79. The highest BCUT2D eigenvalue weighted by Gasteiger charge is 2.08. The van der Waals surface area contributed by atoms with Crippen LogP contribution in [-0.4, -0.2) is 0 Å². The average molecular weight is 238 g/mol. The lowest BCUT2D eigenvalue weighted by atomic mass is 9.94. The monoisotopic (exact) mass is 237 g/mol. The summed E-state index contributed by atoms with van der Waals surface area (Å²) in [4.78, 5) is 0. The Morgan fingerprint density at radius 3 is 2.77 bits per heavy atom. The van der Waals surface area contributed by atoms with Gasteiger partial charge in [-0.05, 0) is 23.6 Å². The fourth-order valence-corrected chi connectivity index (χ4v) is 2.04. The molecule has 0 heterocycles. The fraction of sp³-hybridized carbons (Fsp3) is 0.250. The summed E-state index contributed by atoms with van der Waals surface area (Å²) in [6.07, 6.45) is 2.95. The van der Waals surface area contributed by atoms with Gasteiger partial charge in [0.25, 0.3) is 0 Å². The molecule has 0 aliphatic heterocycles. The van der Waals surface area contributed by atoms with Crippen molar-refractivity contribution in [2.24, 2.45) is 0 Å². The minimum absolute atomic E-state index is 1.04. The van der Waals surface area contributed by atoms with Crippen LogP contribution >= 0.6 is 15.9 Å². The lowest BCUT2D eigenvalue weighted by molar-refractivity contribution is 1.07. The standard InChI is InChI=1S/C12H14Br/c1-4-9(3)11-7-6-8-12(13)10(11)5-2/h4,6-8H,1,5H2,2-3H3. The van der Waals surface area contributed by atoms with Gasteiger partial charge < -0.3 is 0 Å². The van der Waals surface area contributed by atoms with Crippen LogP contribution in [0.25, 0.3) is 0 Å². The van der Waals surface area contributed by atoms with E-state index < -0.39 is 0 Å². The van der Waals surface area contributed by atoms with Gasteiger partial charge in [-0.2, -0.15) is 0 Å². The molecule has 13 heavy (non-hydrogen) atoms. The summed E-state index contributed by atoms with van der Waals surface area (Å²) in [6, 6.07) is 6.28. The molecule has 1 aromatic rings. The Balaban J connectivity index is 3.19. The lowest BCUT2D eigenvalue weighted by Gasteiger charge is -2.12. The summed E-state index contributed by atoms with van der Waals surface area (Å²) in [7, 11) is 0. The first-order chi connectivity index (χ1) is 6.20. The van der Waals surface area contributed by atoms with Crippen molar-refractivity contribution in [3.05, 3.63) is 52.4 Å². The first-order valence-electron chi connectivity index (χ1n) is 4.44. The molecule has 0 unspecified atom stereocenters. The van der Waals surface area contributed by atoms with Crippen molar-refractivity contribution in [1.82, 2.24) is 0 Å². The van der Waals surface area contributed by atoms with Crippen molar-refractivity contribution >= 4 is 15.9 Å². The molecule has 69 valence electrons. The third-order valence-corrected chi connectivity index (χ3v) is 2.95. The molecule has 1 heteroatoms. The van der Waals surface area contributed by atoms with Crippen molar-refractivity contribution < 1.29 is 0 Å². The lowest BCUT2D eigenvalue weighted by Crippen LogP contribution is -1.97. The van der Waals surface area contributed by atoms with Gasteiger partial charge in [0.2, 0.25) is 0 Å². The molecule has 0 aromatic heterocycles. The second-order valence-corrected chi connectivity index (χ2v) is 3.86. The Kier molecular flexibility index (Phi) is 3.73. The number of benzene rings is 1. The second kappa shape index (κ2) is 4.61. The topological polar surface area (TPSA) is 0 Å². The Hall–Kier alpha value is -0.560. The van der Waals surface area contributed by atoms with Gasteiger partial charge in [0.1, 0.15) is 0 Å². The summed E-state index contributed by atoms with van der Waals surface area (Å²) in [5, 5.41) is 0. The van der Waals surface area contributed by atoms with Crippen molar-refractivity contribution in [3.63, 3.8) is 0 Å². The van der Waals surface area contributed by atoms with E-state index in [1.54, 1.807) is 0 Å². The van der Waals surface area contributed by atoms with Crippen molar-refractivity contribution in [2.45, 2.75) is 20.3 Å². The van der Waals surface area contributed by atoms with Crippen LogP contribution in [0.3, 0.4) is 0 Å². The van der Waals surface area contributed by atoms with Gasteiger partial charge >= 0.3 is 0 Å². The van der Waals surface area contributed by atoms with Crippen LogP contribution in [-0.2, 0) is 6.42 Å². The smallest absolute Gasteiger partial charge is 0.0233 e. The molecule has 0 atom stereocenters. The molecule has 1 radical (unpaired) electrons. The molecule has 0 nitrogen and oxygen atoms in total. The molecule has 0 saturated heterocycles. The Morgan fingerprint density at radius 1 is 1.54 bits per heavy atom. The summed E-state index contributed by atoms with van der Waals surface area (Å²) < 4.78 is 1.19. The Labute approximate surface area is 88.8 Å². The van der Waals surface area contributed by atoms with Gasteiger partial charge in [0.05, 0.1) is 0 Å². The zero-order valence-electron chi connectivity index (χ0n) is 8.10. The predicted molar refractivity (Wildman–Crippen MR) is 61.7 cm³/mol. The predicted octanol–water partition coefficient (Wildman–Crippen LogP) is 4.14. The molecule has 0 saturated carbocycles. The number of allylic oxidation sites excluding steroid dienone is 1. The van der Waals surface area contributed by atoms with Gasteiger partial charge in [0, 0.05) is 10.4 Å². The molecule has 0 aliphatic carbocycles. The third-order valence-electron chi connectivity index (χ3n) is 2.20. The average Bonchev–Trinajstić information content (AvgIpc) is 2.16. The summed E-state index contributed by atoms with van der Waals surface area (Å²) in [6.45, 7) is 8.05. The van der Waals surface area contributed by atoms with Gasteiger partial charge in [-0.15, -0.1) is 6.58 Å². The van der Waals surface area contributed by atoms with Crippen LogP contribution < -0.4 is 0 Å². The van der Waals surface area contributed by atoms with Crippen LogP contribution in [0.5, 0.6) is 0 Å². The van der Waals surface area contributed by atoms with Crippen molar-refractivity contribution in [3.8, 4) is 0 Å². The zero-order valence-corrected chi connectivity index (χ0v) is 9.69. The zero-order chi connectivity index (χ0) is 9.84. The van der Waals surface area contributed by atoms with E-state index in [-0.39, 0.29) is 0 Å². The number of halogens is 1. The molecule has 0 spiro atoms. The molecule has 0 N–H and O–H groups in total. The van der Waals surface area contributed by atoms with E-state index in [4.69, 9.17) is 0 Å². The van der Waals surface area contributed by atoms with Gasteiger partial charge in [-0.1, -0.05) is 48.0 Å². The second-order valence-electron chi connectivity index (χ2n) is 3.01. The molecular weight excluding hydrogens is 224 g/mol. The van der Waals surface area contributed by atoms with Crippen LogP contribution in [0.1, 0.15) is 25.0 Å².